The van der Waals surface area contributed by atoms with Crippen LogP contribution in [0.15, 0.2) is 17.5 Å². The molecule has 1 atom stereocenters. The Labute approximate surface area is 129 Å². The highest BCUT2D eigenvalue weighted by Gasteiger charge is 2.28. The fourth-order valence-corrected chi connectivity index (χ4v) is 3.35. The summed E-state index contributed by atoms with van der Waals surface area (Å²) in [6, 6.07) is 4.52. The van der Waals surface area contributed by atoms with E-state index in [-0.39, 0.29) is 6.04 Å². The first-order chi connectivity index (χ1) is 10.1. The van der Waals surface area contributed by atoms with Crippen LogP contribution in [0.1, 0.15) is 54.9 Å². The van der Waals surface area contributed by atoms with Gasteiger partial charge in [-0.15, -0.1) is 11.3 Å². The van der Waals surface area contributed by atoms with Crippen LogP contribution in [0.3, 0.4) is 0 Å². The maximum Gasteiger partial charge on any atom is 0.136 e. The van der Waals surface area contributed by atoms with Crippen molar-refractivity contribution >= 4 is 23.0 Å². The summed E-state index contributed by atoms with van der Waals surface area (Å²) in [5.41, 5.74) is 7.01. The van der Waals surface area contributed by atoms with E-state index in [2.05, 4.69) is 41.7 Å². The topological polar surface area (TPSA) is 63.8 Å². The van der Waals surface area contributed by atoms with Crippen molar-refractivity contribution in [2.45, 2.75) is 45.6 Å². The normalized spacial score (nSPS) is 16.2. The van der Waals surface area contributed by atoms with E-state index < -0.39 is 0 Å². The molecular formula is C16H22N4S. The van der Waals surface area contributed by atoms with E-state index in [0.717, 1.165) is 17.2 Å². The average molecular weight is 302 g/mol. The lowest BCUT2D eigenvalue weighted by molar-refractivity contribution is 0.551. The van der Waals surface area contributed by atoms with Crippen LogP contribution >= 0.6 is 11.3 Å². The van der Waals surface area contributed by atoms with Gasteiger partial charge in [0, 0.05) is 16.4 Å². The molecule has 3 N–H and O–H groups in total. The molecule has 1 aliphatic rings. The Hall–Kier alpha value is -1.62. The molecule has 2 aromatic heterocycles. The number of rotatable bonds is 5. The Morgan fingerprint density at radius 1 is 1.33 bits per heavy atom. The molecule has 0 aromatic carbocycles. The first-order valence-electron chi connectivity index (χ1n) is 7.50. The van der Waals surface area contributed by atoms with Crippen molar-refractivity contribution in [3.63, 3.8) is 0 Å². The summed E-state index contributed by atoms with van der Waals surface area (Å²) in [5.74, 6) is 3.37. The van der Waals surface area contributed by atoms with Gasteiger partial charge in [0.15, 0.2) is 0 Å². The summed E-state index contributed by atoms with van der Waals surface area (Å²) in [4.78, 5) is 10.5. The first kappa shape index (κ1) is 14.3. The van der Waals surface area contributed by atoms with E-state index in [1.807, 2.05) is 6.92 Å². The summed E-state index contributed by atoms with van der Waals surface area (Å²) >= 11 is 1.77. The summed E-state index contributed by atoms with van der Waals surface area (Å²) in [6.07, 6.45) is 2.36. The van der Waals surface area contributed by atoms with E-state index >= 15 is 0 Å². The van der Waals surface area contributed by atoms with Gasteiger partial charge in [-0.1, -0.05) is 19.9 Å². The van der Waals surface area contributed by atoms with Gasteiger partial charge >= 0.3 is 0 Å². The Balaban J connectivity index is 1.92. The fraction of sp³-hybridized carbons (Fsp3) is 0.500. The Morgan fingerprint density at radius 3 is 2.67 bits per heavy atom. The van der Waals surface area contributed by atoms with Gasteiger partial charge in [0.1, 0.15) is 17.5 Å². The van der Waals surface area contributed by atoms with Crippen LogP contribution in [0.4, 0.5) is 11.6 Å². The zero-order valence-corrected chi connectivity index (χ0v) is 13.6. The SMILES string of the molecule is Cc1c(N)nc(C2CC2)nc1NC(c1cccs1)C(C)C. The standard InChI is InChI=1S/C16H22N4S/c1-9(2)13(12-5-4-8-21-12)18-15-10(3)14(17)19-16(20-15)11-6-7-11/h4-5,8-9,11,13H,6-7H2,1-3H3,(H3,17,18,19,20). The van der Waals surface area contributed by atoms with Gasteiger partial charge in [-0.05, 0) is 37.1 Å². The minimum absolute atomic E-state index is 0.255. The van der Waals surface area contributed by atoms with Gasteiger partial charge in [-0.2, -0.15) is 0 Å². The molecule has 0 saturated heterocycles. The van der Waals surface area contributed by atoms with Crippen molar-refractivity contribution in [2.24, 2.45) is 5.92 Å². The molecular weight excluding hydrogens is 280 g/mol. The minimum atomic E-state index is 0.255. The molecule has 0 bridgehead atoms. The molecule has 0 aliphatic heterocycles. The van der Waals surface area contributed by atoms with Gasteiger partial charge in [-0.25, -0.2) is 9.97 Å². The van der Waals surface area contributed by atoms with E-state index in [1.165, 1.54) is 17.7 Å². The Bertz CT molecular complexity index is 617. The van der Waals surface area contributed by atoms with E-state index in [4.69, 9.17) is 10.7 Å². The summed E-state index contributed by atoms with van der Waals surface area (Å²) in [6.45, 7) is 6.43. The third kappa shape index (κ3) is 3.02. The molecule has 0 amide bonds. The number of nitrogens with two attached hydrogens (primary N) is 1. The smallest absolute Gasteiger partial charge is 0.136 e. The highest BCUT2D eigenvalue weighted by Crippen LogP contribution is 2.40. The lowest BCUT2D eigenvalue weighted by Crippen LogP contribution is -2.18. The summed E-state index contributed by atoms with van der Waals surface area (Å²) < 4.78 is 0. The maximum atomic E-state index is 6.07. The fourth-order valence-electron chi connectivity index (χ4n) is 2.40. The van der Waals surface area contributed by atoms with Crippen LogP contribution < -0.4 is 11.1 Å². The number of thiophene rings is 1. The molecule has 21 heavy (non-hydrogen) atoms. The molecule has 1 aliphatic carbocycles. The van der Waals surface area contributed by atoms with Crippen molar-refractivity contribution in [3.05, 3.63) is 33.8 Å². The quantitative estimate of drug-likeness (QED) is 0.872. The van der Waals surface area contributed by atoms with Gasteiger partial charge in [-0.3, -0.25) is 0 Å². The van der Waals surface area contributed by atoms with Crippen LogP contribution in [-0.4, -0.2) is 9.97 Å². The second-order valence-corrected chi connectivity index (χ2v) is 7.08. The average Bonchev–Trinajstić information content (AvgIpc) is 3.16. The molecule has 2 aromatic rings. The monoisotopic (exact) mass is 302 g/mol. The molecule has 1 fully saturated rings. The lowest BCUT2D eigenvalue weighted by Gasteiger charge is -2.23. The Morgan fingerprint density at radius 2 is 2.10 bits per heavy atom. The predicted octanol–water partition coefficient (Wildman–Crippen LogP) is 4.12. The molecule has 5 heteroatoms. The predicted molar refractivity (Wildman–Crippen MR) is 88.7 cm³/mol. The van der Waals surface area contributed by atoms with Crippen molar-refractivity contribution < 1.29 is 0 Å². The van der Waals surface area contributed by atoms with Gasteiger partial charge in [0.05, 0.1) is 6.04 Å². The number of hydrogen-bond donors (Lipinski definition) is 2. The summed E-state index contributed by atoms with van der Waals surface area (Å²) in [5, 5.41) is 5.71. The van der Waals surface area contributed by atoms with Gasteiger partial charge in [0.25, 0.3) is 0 Å². The second kappa shape index (κ2) is 5.64. The minimum Gasteiger partial charge on any atom is -0.383 e. The van der Waals surface area contributed by atoms with Gasteiger partial charge in [0.2, 0.25) is 0 Å². The van der Waals surface area contributed by atoms with Crippen LogP contribution in [0.2, 0.25) is 0 Å². The van der Waals surface area contributed by atoms with Crippen LogP contribution in [0.25, 0.3) is 0 Å². The van der Waals surface area contributed by atoms with Crippen molar-refractivity contribution in [3.8, 4) is 0 Å². The largest absolute Gasteiger partial charge is 0.383 e. The summed E-state index contributed by atoms with van der Waals surface area (Å²) in [7, 11) is 0. The number of anilines is 2. The third-order valence-electron chi connectivity index (χ3n) is 3.95. The first-order valence-corrected chi connectivity index (χ1v) is 8.38. The van der Waals surface area contributed by atoms with Crippen molar-refractivity contribution in [2.75, 3.05) is 11.1 Å². The van der Waals surface area contributed by atoms with Crippen LogP contribution in [-0.2, 0) is 0 Å². The lowest BCUT2D eigenvalue weighted by atomic mass is 10.0. The molecule has 1 saturated carbocycles. The number of nitrogens with one attached hydrogen (secondary N) is 1. The zero-order valence-electron chi connectivity index (χ0n) is 12.8. The highest BCUT2D eigenvalue weighted by molar-refractivity contribution is 7.10. The number of nitrogen functional groups attached to an aromatic ring is 1. The zero-order chi connectivity index (χ0) is 15.0. The Kier molecular flexibility index (Phi) is 3.85. The molecule has 2 heterocycles. The molecule has 0 radical (unpaired) electrons. The number of aromatic nitrogens is 2. The molecule has 3 rings (SSSR count). The van der Waals surface area contributed by atoms with Gasteiger partial charge < -0.3 is 11.1 Å². The number of hydrogen-bond acceptors (Lipinski definition) is 5. The number of nitrogens with zero attached hydrogens (tertiary/aromatic N) is 2. The molecule has 4 nitrogen and oxygen atoms in total. The molecule has 112 valence electrons. The molecule has 1 unspecified atom stereocenters. The van der Waals surface area contributed by atoms with Crippen LogP contribution in [0.5, 0.6) is 0 Å². The van der Waals surface area contributed by atoms with Crippen molar-refractivity contribution in [1.82, 2.24) is 9.97 Å². The van der Waals surface area contributed by atoms with Crippen LogP contribution in [0, 0.1) is 12.8 Å². The molecule has 0 spiro atoms. The maximum absolute atomic E-state index is 6.07. The van der Waals surface area contributed by atoms with E-state index in [1.54, 1.807) is 11.3 Å². The van der Waals surface area contributed by atoms with E-state index in [0.29, 0.717) is 17.7 Å². The van der Waals surface area contributed by atoms with Crippen molar-refractivity contribution in [1.29, 1.82) is 0 Å². The van der Waals surface area contributed by atoms with E-state index in [9.17, 15) is 0 Å². The highest BCUT2D eigenvalue weighted by atomic mass is 32.1. The third-order valence-corrected chi connectivity index (χ3v) is 4.91. The second-order valence-electron chi connectivity index (χ2n) is 6.10.